The lowest BCUT2D eigenvalue weighted by Gasteiger charge is -2.26. The van der Waals surface area contributed by atoms with Crippen molar-refractivity contribution in [3.05, 3.63) is 0 Å². The highest BCUT2D eigenvalue weighted by Crippen LogP contribution is 2.08. The van der Waals surface area contributed by atoms with Crippen LogP contribution in [0.25, 0.3) is 0 Å². The van der Waals surface area contributed by atoms with Gasteiger partial charge in [0.05, 0.1) is 6.10 Å². The molecule has 0 spiro atoms. The number of carbonyl (C=O) groups is 4. The van der Waals surface area contributed by atoms with E-state index in [0.29, 0.717) is 0 Å². The van der Waals surface area contributed by atoms with Gasteiger partial charge in [-0.2, -0.15) is 12.6 Å². The fraction of sp³-hybridized carbons (Fsp3) is 0.750. The molecule has 0 aromatic rings. The zero-order valence-electron chi connectivity index (χ0n) is 16.2. The highest BCUT2D eigenvalue weighted by Gasteiger charge is 2.31. The molecule has 4 atom stereocenters. The van der Waals surface area contributed by atoms with Crippen LogP contribution in [-0.2, 0) is 19.1 Å². The molecule has 156 valence electrons. The second-order valence-corrected chi connectivity index (χ2v) is 7.52. The second-order valence-electron chi connectivity index (χ2n) is 7.07. The Labute approximate surface area is 164 Å². The van der Waals surface area contributed by atoms with Crippen LogP contribution in [0.4, 0.5) is 4.79 Å². The first-order valence-electron chi connectivity index (χ1n) is 8.47. The number of primary amides is 1. The molecule has 0 aliphatic heterocycles. The van der Waals surface area contributed by atoms with E-state index in [1.807, 2.05) is 0 Å². The number of nitrogens with one attached hydrogen (secondary N) is 3. The van der Waals surface area contributed by atoms with Crippen LogP contribution in [0.1, 0.15) is 41.0 Å². The van der Waals surface area contributed by atoms with Crippen molar-refractivity contribution in [1.29, 1.82) is 0 Å². The Morgan fingerprint density at radius 2 is 1.63 bits per heavy atom. The van der Waals surface area contributed by atoms with Crippen LogP contribution in [0.2, 0.25) is 0 Å². The van der Waals surface area contributed by atoms with Gasteiger partial charge in [0.25, 0.3) is 0 Å². The van der Waals surface area contributed by atoms with E-state index in [0.717, 1.165) is 0 Å². The number of aliphatic hydroxyl groups is 1. The fourth-order valence-corrected chi connectivity index (χ4v) is 2.14. The second kappa shape index (κ2) is 11.0. The van der Waals surface area contributed by atoms with E-state index >= 15 is 0 Å². The van der Waals surface area contributed by atoms with E-state index in [4.69, 9.17) is 10.5 Å². The molecule has 0 unspecified atom stereocenters. The maximum atomic E-state index is 12.5. The SMILES string of the molecule is C[C@H](NC(=O)[C@H](CCS)NC(=O)[C@@H](NC(=O)OC(C)(C)C)[C@@H](C)O)C(N)=O. The first kappa shape index (κ1) is 25.0. The highest BCUT2D eigenvalue weighted by molar-refractivity contribution is 7.80. The third-order valence-electron chi connectivity index (χ3n) is 3.27. The lowest BCUT2D eigenvalue weighted by Crippen LogP contribution is -2.58. The van der Waals surface area contributed by atoms with E-state index in [1.165, 1.54) is 13.8 Å². The summed E-state index contributed by atoms with van der Waals surface area (Å²) in [5.74, 6) is -1.88. The number of hydrogen-bond acceptors (Lipinski definition) is 7. The number of alkyl carbamates (subject to hydrolysis) is 1. The van der Waals surface area contributed by atoms with Gasteiger partial charge < -0.3 is 31.5 Å². The molecule has 0 aromatic heterocycles. The summed E-state index contributed by atoms with van der Waals surface area (Å²) in [6.07, 6.45) is -1.98. The van der Waals surface area contributed by atoms with Crippen LogP contribution in [0, 0.1) is 0 Å². The average Bonchev–Trinajstić information content (AvgIpc) is 2.49. The van der Waals surface area contributed by atoms with Crippen molar-refractivity contribution in [1.82, 2.24) is 16.0 Å². The van der Waals surface area contributed by atoms with Crippen LogP contribution in [-0.4, -0.2) is 64.5 Å². The summed E-state index contributed by atoms with van der Waals surface area (Å²) in [5.41, 5.74) is 4.31. The first-order valence-corrected chi connectivity index (χ1v) is 9.10. The summed E-state index contributed by atoms with van der Waals surface area (Å²) >= 11 is 4.04. The summed E-state index contributed by atoms with van der Waals surface area (Å²) in [4.78, 5) is 47.7. The number of thiol groups is 1. The van der Waals surface area contributed by atoms with Crippen LogP contribution in [0.3, 0.4) is 0 Å². The predicted octanol–water partition coefficient (Wildman–Crippen LogP) is -0.945. The molecule has 0 aliphatic rings. The zero-order valence-corrected chi connectivity index (χ0v) is 17.1. The van der Waals surface area contributed by atoms with Crippen LogP contribution >= 0.6 is 12.6 Å². The van der Waals surface area contributed by atoms with Crippen molar-refractivity contribution in [2.45, 2.75) is 70.9 Å². The molecule has 0 rings (SSSR count). The third kappa shape index (κ3) is 10.0. The largest absolute Gasteiger partial charge is 0.444 e. The van der Waals surface area contributed by atoms with Crippen molar-refractivity contribution >= 4 is 36.4 Å². The molecule has 0 saturated heterocycles. The molecule has 0 radical (unpaired) electrons. The zero-order chi connectivity index (χ0) is 21.4. The third-order valence-corrected chi connectivity index (χ3v) is 3.53. The lowest BCUT2D eigenvalue weighted by molar-refractivity contribution is -0.132. The summed E-state index contributed by atoms with van der Waals surface area (Å²) < 4.78 is 5.06. The Bertz CT molecular complexity index is 550. The van der Waals surface area contributed by atoms with Crippen molar-refractivity contribution in [3.63, 3.8) is 0 Å². The molecule has 6 N–H and O–H groups in total. The molecule has 0 saturated carbocycles. The quantitative estimate of drug-likeness (QED) is 0.271. The van der Waals surface area contributed by atoms with E-state index in [2.05, 4.69) is 28.6 Å². The smallest absolute Gasteiger partial charge is 0.408 e. The minimum Gasteiger partial charge on any atom is -0.444 e. The Balaban J connectivity index is 5.10. The summed E-state index contributed by atoms with van der Waals surface area (Å²) in [5, 5.41) is 16.9. The molecule has 0 aromatic carbocycles. The van der Waals surface area contributed by atoms with Gasteiger partial charge in [0.1, 0.15) is 23.7 Å². The summed E-state index contributed by atoms with van der Waals surface area (Å²) in [7, 11) is 0. The van der Waals surface area contributed by atoms with Gasteiger partial charge >= 0.3 is 6.09 Å². The van der Waals surface area contributed by atoms with E-state index in [1.54, 1.807) is 20.8 Å². The molecular formula is C16H30N4O6S. The fourth-order valence-electron chi connectivity index (χ4n) is 1.88. The summed E-state index contributed by atoms with van der Waals surface area (Å²) in [6.45, 7) is 7.66. The normalized spacial score (nSPS) is 15.7. The Morgan fingerprint density at radius 3 is 2.04 bits per heavy atom. The average molecular weight is 407 g/mol. The van der Waals surface area contributed by atoms with Crippen LogP contribution < -0.4 is 21.7 Å². The molecule has 0 aliphatic carbocycles. The molecule has 0 heterocycles. The number of aliphatic hydroxyl groups excluding tert-OH is 1. The lowest BCUT2D eigenvalue weighted by atomic mass is 10.1. The van der Waals surface area contributed by atoms with E-state index < -0.39 is 53.6 Å². The number of ether oxygens (including phenoxy) is 1. The van der Waals surface area contributed by atoms with Gasteiger partial charge in [-0.05, 0) is 46.8 Å². The van der Waals surface area contributed by atoms with Gasteiger partial charge in [-0.25, -0.2) is 4.79 Å². The van der Waals surface area contributed by atoms with Crippen molar-refractivity contribution in [3.8, 4) is 0 Å². The first-order chi connectivity index (χ1) is 12.3. The van der Waals surface area contributed by atoms with Gasteiger partial charge in [0, 0.05) is 0 Å². The highest BCUT2D eigenvalue weighted by atomic mass is 32.1. The monoisotopic (exact) mass is 406 g/mol. The number of rotatable bonds is 9. The summed E-state index contributed by atoms with van der Waals surface area (Å²) in [6, 6.07) is -3.30. The molecule has 10 nitrogen and oxygen atoms in total. The topological polar surface area (TPSA) is 160 Å². The van der Waals surface area contributed by atoms with E-state index in [-0.39, 0.29) is 12.2 Å². The molecule has 4 amide bonds. The molecule has 27 heavy (non-hydrogen) atoms. The van der Waals surface area contributed by atoms with E-state index in [9.17, 15) is 24.3 Å². The van der Waals surface area contributed by atoms with Crippen LogP contribution in [0.5, 0.6) is 0 Å². The minimum atomic E-state index is -1.34. The van der Waals surface area contributed by atoms with Gasteiger partial charge in [-0.3, -0.25) is 14.4 Å². The molecule has 11 heteroatoms. The Morgan fingerprint density at radius 1 is 1.07 bits per heavy atom. The molecular weight excluding hydrogens is 376 g/mol. The minimum absolute atomic E-state index is 0.158. The van der Waals surface area contributed by atoms with Gasteiger partial charge in [-0.1, -0.05) is 0 Å². The standard InChI is InChI=1S/C16H30N4O6S/c1-8(12(17)22)18-13(23)10(6-7-27)19-14(24)11(9(2)21)20-15(25)26-16(3,4)5/h8-11,21,27H,6-7H2,1-5H3,(H2,17,22)(H,18,23)(H,19,24)(H,20,25)/t8-,9+,10-,11-/m0/s1. The van der Waals surface area contributed by atoms with Gasteiger partial charge in [-0.15, -0.1) is 0 Å². The Kier molecular flexibility index (Phi) is 10.2. The van der Waals surface area contributed by atoms with Crippen molar-refractivity contribution < 1.29 is 29.0 Å². The molecule has 0 fully saturated rings. The molecule has 0 bridgehead atoms. The van der Waals surface area contributed by atoms with Gasteiger partial charge in [0.15, 0.2) is 0 Å². The maximum absolute atomic E-state index is 12.5. The van der Waals surface area contributed by atoms with Crippen molar-refractivity contribution in [2.24, 2.45) is 5.73 Å². The Hall–Kier alpha value is -2.01. The predicted molar refractivity (Wildman–Crippen MR) is 102 cm³/mol. The number of amides is 4. The number of hydrogen-bond donors (Lipinski definition) is 6. The van der Waals surface area contributed by atoms with Crippen LogP contribution in [0.15, 0.2) is 0 Å². The van der Waals surface area contributed by atoms with Crippen molar-refractivity contribution in [2.75, 3.05) is 5.75 Å². The maximum Gasteiger partial charge on any atom is 0.408 e. The number of nitrogens with two attached hydrogens (primary N) is 1. The number of carbonyl (C=O) groups excluding carboxylic acids is 4. The van der Waals surface area contributed by atoms with Gasteiger partial charge in [0.2, 0.25) is 17.7 Å².